The number of rotatable bonds is 5. The van der Waals surface area contributed by atoms with Gasteiger partial charge in [0.15, 0.2) is 57.7 Å². The molecule has 4 saturated carbocycles. The van der Waals surface area contributed by atoms with Crippen molar-refractivity contribution in [2.75, 3.05) is 0 Å². The first-order chi connectivity index (χ1) is 37.9. The van der Waals surface area contributed by atoms with Crippen molar-refractivity contribution in [1.82, 2.24) is 37.4 Å². The van der Waals surface area contributed by atoms with Crippen molar-refractivity contribution in [3.8, 4) is 0 Å². The van der Waals surface area contributed by atoms with Gasteiger partial charge in [0.1, 0.15) is 54.1 Å². The van der Waals surface area contributed by atoms with Crippen molar-refractivity contribution in [2.45, 2.75) is 50.9 Å². The van der Waals surface area contributed by atoms with E-state index in [4.69, 9.17) is 19.9 Å². The Bertz CT molecular complexity index is 4670. The van der Waals surface area contributed by atoms with Crippen LogP contribution < -0.4 is 0 Å². The number of aromatic nitrogens is 8. The van der Waals surface area contributed by atoms with Crippen LogP contribution in [0.2, 0.25) is 0 Å². The van der Waals surface area contributed by atoms with Crippen molar-refractivity contribution < 1.29 is 38.4 Å². The van der Waals surface area contributed by atoms with Crippen molar-refractivity contribution in [3.63, 3.8) is 0 Å². The van der Waals surface area contributed by atoms with Gasteiger partial charge in [0, 0.05) is 45.9 Å². The number of hydrogen-bond donors (Lipinski definition) is 0. The largest absolute Gasteiger partial charge is 0.292 e. The van der Waals surface area contributed by atoms with Gasteiger partial charge in [-0.1, -0.05) is 71.9 Å². The Hall–Kier alpha value is -7.74. The first-order valence-electron chi connectivity index (χ1n) is 24.9. The number of benzene rings is 4. The average molecular weight is 1140 g/mol. The lowest BCUT2D eigenvalue weighted by Crippen LogP contribution is -2.26. The minimum atomic E-state index is -0.638. The van der Waals surface area contributed by atoms with E-state index in [1.807, 2.05) is 6.07 Å². The molecular formula is C54H28N10O8S6. The van der Waals surface area contributed by atoms with Crippen molar-refractivity contribution >= 4 is 212 Å². The molecule has 6 aliphatic carbocycles. The third kappa shape index (κ3) is 6.60. The second-order valence-corrected chi connectivity index (χ2v) is 25.2. The van der Waals surface area contributed by atoms with Crippen LogP contribution in [0.4, 0.5) is 10.3 Å². The first-order valence-corrected chi connectivity index (χ1v) is 29.6. The summed E-state index contributed by atoms with van der Waals surface area (Å²) in [7, 11) is 0. The molecule has 4 aromatic carbocycles. The summed E-state index contributed by atoms with van der Waals surface area (Å²) >= 11 is 6.92. The third-order valence-electron chi connectivity index (χ3n) is 16.1. The quantitative estimate of drug-likeness (QED) is 0.115. The number of fused-ring (bicyclic) bond motifs is 16. The van der Waals surface area contributed by atoms with Gasteiger partial charge in [0.05, 0.1) is 53.4 Å². The second kappa shape index (κ2) is 16.9. The Morgan fingerprint density at radius 2 is 0.859 bits per heavy atom. The van der Waals surface area contributed by atoms with Crippen LogP contribution in [0.15, 0.2) is 63.6 Å². The molecule has 0 saturated heterocycles. The Morgan fingerprint density at radius 3 is 1.36 bits per heavy atom. The van der Waals surface area contributed by atoms with Gasteiger partial charge in [-0.25, -0.2) is 29.9 Å². The summed E-state index contributed by atoms with van der Waals surface area (Å²) in [5.74, 6) is -4.79. The Kier molecular flexibility index (Phi) is 10.0. The van der Waals surface area contributed by atoms with Gasteiger partial charge in [0.25, 0.3) is 0 Å². The lowest BCUT2D eigenvalue weighted by Gasteiger charge is -2.30. The molecule has 5 atom stereocenters. The molecule has 18 nitrogen and oxygen atoms in total. The second-order valence-electron chi connectivity index (χ2n) is 20.1. The predicted octanol–water partition coefficient (Wildman–Crippen LogP) is 10.5. The zero-order chi connectivity index (χ0) is 52.6. The van der Waals surface area contributed by atoms with Gasteiger partial charge >= 0.3 is 0 Å². The summed E-state index contributed by atoms with van der Waals surface area (Å²) in [5, 5.41) is 1.27. The highest BCUT2D eigenvalue weighted by atomic mass is 32.1. The van der Waals surface area contributed by atoms with Gasteiger partial charge < -0.3 is 0 Å². The number of aliphatic imine (C=N–C) groups is 2. The molecule has 4 fully saturated rings. The summed E-state index contributed by atoms with van der Waals surface area (Å²) in [6.07, 6.45) is 7.53. The van der Waals surface area contributed by atoms with E-state index in [9.17, 15) is 38.4 Å². The van der Waals surface area contributed by atoms with Crippen LogP contribution >= 0.6 is 68.8 Å². The van der Waals surface area contributed by atoms with Gasteiger partial charge in [-0.2, -0.15) is 17.5 Å². The molecule has 10 aromatic rings. The van der Waals surface area contributed by atoms with Crippen LogP contribution in [0.3, 0.4) is 0 Å². The van der Waals surface area contributed by atoms with E-state index in [0.717, 1.165) is 41.9 Å². The molecule has 378 valence electrons. The number of nitrogens with zero attached hydrogens (tertiary/aromatic N) is 10. The van der Waals surface area contributed by atoms with Crippen LogP contribution in [0, 0.1) is 23.7 Å². The Morgan fingerprint density at radius 1 is 0.436 bits per heavy atom. The maximum Gasteiger partial charge on any atom is 0.211 e. The van der Waals surface area contributed by atoms with Crippen LogP contribution in [0.25, 0.3) is 75.1 Å². The minimum Gasteiger partial charge on any atom is -0.292 e. The molecule has 0 N–H and O–H groups in total. The molecule has 6 aliphatic rings. The molecule has 0 radical (unpaired) electrons. The highest BCUT2D eigenvalue weighted by Crippen LogP contribution is 2.49. The summed E-state index contributed by atoms with van der Waals surface area (Å²) < 4.78 is 20.7. The van der Waals surface area contributed by atoms with Crippen LogP contribution in [0.5, 0.6) is 0 Å². The maximum atomic E-state index is 14.2. The van der Waals surface area contributed by atoms with Crippen molar-refractivity contribution in [2.24, 2.45) is 33.7 Å². The first kappa shape index (κ1) is 46.4. The van der Waals surface area contributed by atoms with Gasteiger partial charge in [0.2, 0.25) is 10.3 Å². The van der Waals surface area contributed by atoms with Gasteiger partial charge in [-0.05, 0) is 61.8 Å². The number of thiazole rings is 4. The molecule has 24 heteroatoms. The summed E-state index contributed by atoms with van der Waals surface area (Å²) in [4.78, 5) is 138. The monoisotopic (exact) mass is 1140 g/mol. The molecule has 0 aliphatic heterocycles. The van der Waals surface area contributed by atoms with Crippen LogP contribution in [-0.2, 0) is 19.2 Å². The molecule has 16 rings (SSSR count). The fourth-order valence-corrected chi connectivity index (χ4v) is 17.6. The zero-order valence-electron chi connectivity index (χ0n) is 39.7. The summed E-state index contributed by atoms with van der Waals surface area (Å²) in [6.45, 7) is 0. The number of ketones is 8. The lowest BCUT2D eigenvalue weighted by atomic mass is 9.72. The van der Waals surface area contributed by atoms with E-state index in [1.54, 1.807) is 36.4 Å². The molecule has 5 unspecified atom stereocenters. The van der Waals surface area contributed by atoms with Gasteiger partial charge in [-0.3, -0.25) is 38.4 Å². The maximum absolute atomic E-state index is 14.2. The highest BCUT2D eigenvalue weighted by molar-refractivity contribution is 7.30. The van der Waals surface area contributed by atoms with E-state index in [0.29, 0.717) is 116 Å². The Balaban J connectivity index is 0.668. The topological polar surface area (TPSA) is 264 Å². The molecule has 78 heavy (non-hydrogen) atoms. The van der Waals surface area contributed by atoms with E-state index in [2.05, 4.69) is 27.5 Å². The molecular weight excluding hydrogens is 1110 g/mol. The molecule has 0 spiro atoms. The molecule has 0 bridgehead atoms. The normalized spacial score (nSPS) is 23.4. The number of carbonyl (C=O) groups excluding carboxylic acids is 8. The smallest absolute Gasteiger partial charge is 0.211 e. The van der Waals surface area contributed by atoms with Gasteiger partial charge in [-0.15, -0.1) is 22.7 Å². The van der Waals surface area contributed by atoms with Crippen molar-refractivity contribution in [3.05, 3.63) is 91.4 Å². The fraction of sp³-hybridized carbons (Fsp3) is 0.222. The lowest BCUT2D eigenvalue weighted by molar-refractivity contribution is -0.121. The number of Topliss-reactive ketones (excluding diaryl/α,β-unsaturated/α-hetero) is 8. The molecule has 6 aromatic heterocycles. The number of allylic oxidation sites excluding steroid dienone is 2. The summed E-state index contributed by atoms with van der Waals surface area (Å²) in [6, 6.07) is 11.9. The van der Waals surface area contributed by atoms with Crippen LogP contribution in [-0.4, -0.2) is 95.1 Å². The summed E-state index contributed by atoms with van der Waals surface area (Å²) in [5.41, 5.74) is 5.81. The SMILES string of the molecule is O=C1C(=Cc2nc3c4nsnc4c4nc(/C=C5\C(=O)c6ccc(C7CCC8C(=O)C(=Nc9nc%10c%11nsnc%11c%11nc(N=C%12C(=O)C%13CCCCC%13C%12=O)sc%11c%10s9)C(=O)C8C7)cc6C5=O)sc4c3s2)C(=O)c2ccccc21. The standard InChI is InChI=1S/C54H28N10O8S6/c65-41-19-5-1-2-6-20(19)42(66)27(41)15-29-55-35-31-32(62-77-61-31)36-50(49(35)73-29)74-30(56-36)16-28-43(67)23-11-9-17(13-25(23)44(28)68)18-10-12-24-26(14-18)48(72)40(47(24)71)60-54-58-38-34-33(63-78-64-34)37-51(52(38)76-54)75-53(57-37)59-39-45(69)21-7-3-4-8-22(21)46(39)70/h1-2,5-6,9,11,13,15-16,18,21-22,24,26H,3-4,7-8,10,12,14H2/b28-16+,59-39?,60-40?. The van der Waals surface area contributed by atoms with E-state index in [1.165, 1.54) is 57.5 Å². The fourth-order valence-electron chi connectivity index (χ4n) is 12.3. The average Bonchev–Trinajstić information content (AvgIpc) is 4.49. The third-order valence-corrected chi connectivity index (χ3v) is 21.3. The van der Waals surface area contributed by atoms with E-state index < -0.39 is 23.4 Å². The van der Waals surface area contributed by atoms with E-state index >= 15 is 0 Å². The highest BCUT2D eigenvalue weighted by Gasteiger charge is 2.51. The number of carbonyl (C=O) groups is 8. The molecule has 6 heterocycles. The number of hydrogen-bond acceptors (Lipinski definition) is 24. The Labute approximate surface area is 460 Å². The van der Waals surface area contributed by atoms with E-state index in [-0.39, 0.29) is 96.4 Å². The zero-order valence-corrected chi connectivity index (χ0v) is 44.6. The predicted molar refractivity (Wildman–Crippen MR) is 297 cm³/mol. The van der Waals surface area contributed by atoms with Crippen LogP contribution in [0.1, 0.15) is 108 Å². The van der Waals surface area contributed by atoms with Crippen molar-refractivity contribution in [1.29, 1.82) is 0 Å². The molecule has 0 amide bonds. The minimum absolute atomic E-state index is 0.0295.